The quantitative estimate of drug-likeness (QED) is 0.782. The second kappa shape index (κ2) is 6.20. The van der Waals surface area contributed by atoms with Gasteiger partial charge in [-0.1, -0.05) is 6.92 Å². The van der Waals surface area contributed by atoms with Crippen LogP contribution in [0.2, 0.25) is 0 Å². The van der Waals surface area contributed by atoms with E-state index in [9.17, 15) is 0 Å². The lowest BCUT2D eigenvalue weighted by Gasteiger charge is -2.08. The topological polar surface area (TPSA) is 73.5 Å². The zero-order chi connectivity index (χ0) is 16.4. The third-order valence-electron chi connectivity index (χ3n) is 3.64. The predicted octanol–water partition coefficient (Wildman–Crippen LogP) is 2.19. The van der Waals surface area contributed by atoms with E-state index in [0.29, 0.717) is 12.4 Å². The zero-order valence-corrected chi connectivity index (χ0v) is 13.9. The highest BCUT2D eigenvalue weighted by Crippen LogP contribution is 2.13. The largest absolute Gasteiger partial charge is 0.365 e. The Morgan fingerprint density at radius 2 is 2.00 bits per heavy atom. The maximum Gasteiger partial charge on any atom is 0.174 e. The van der Waals surface area contributed by atoms with Gasteiger partial charge in [0, 0.05) is 31.0 Å². The molecule has 3 rings (SSSR count). The zero-order valence-electron chi connectivity index (χ0n) is 13.9. The van der Waals surface area contributed by atoms with Crippen molar-refractivity contribution in [3.63, 3.8) is 0 Å². The summed E-state index contributed by atoms with van der Waals surface area (Å²) in [6.45, 7) is 6.75. The summed E-state index contributed by atoms with van der Waals surface area (Å²) in [7, 11) is 1.94. The molecule has 1 N–H and O–H groups in total. The third kappa shape index (κ3) is 3.23. The number of nitrogens with one attached hydrogen (secondary N) is 1. The Labute approximate surface area is 135 Å². The van der Waals surface area contributed by atoms with Crippen LogP contribution in [0.5, 0.6) is 0 Å². The van der Waals surface area contributed by atoms with Crippen molar-refractivity contribution in [2.75, 3.05) is 5.32 Å². The Kier molecular flexibility index (Phi) is 4.10. The summed E-state index contributed by atoms with van der Waals surface area (Å²) >= 11 is 0. The highest BCUT2D eigenvalue weighted by molar-refractivity contribution is 5.38. The van der Waals surface area contributed by atoms with Gasteiger partial charge in [0.05, 0.1) is 23.8 Å². The molecule has 0 atom stereocenters. The van der Waals surface area contributed by atoms with Gasteiger partial charge in [-0.25, -0.2) is 9.67 Å². The van der Waals surface area contributed by atoms with E-state index < -0.39 is 0 Å². The molecular weight excluding hydrogens is 290 g/mol. The lowest BCUT2D eigenvalue weighted by molar-refractivity contribution is 0.746. The van der Waals surface area contributed by atoms with Crippen LogP contribution in [0, 0.1) is 13.8 Å². The van der Waals surface area contributed by atoms with Crippen LogP contribution in [0.4, 0.5) is 5.82 Å². The average molecular weight is 311 g/mol. The van der Waals surface area contributed by atoms with E-state index in [0.717, 1.165) is 29.3 Å². The molecule has 0 bridgehead atoms. The molecule has 3 aromatic rings. The SMILES string of the molecule is CCc1nn(C)cc1CNc1cncc(-n2nc(C)cc2C)n1. The lowest BCUT2D eigenvalue weighted by Crippen LogP contribution is -2.07. The Balaban J connectivity index is 1.79. The van der Waals surface area contributed by atoms with E-state index >= 15 is 0 Å². The average Bonchev–Trinajstić information content (AvgIpc) is 3.07. The molecule has 0 aliphatic rings. The number of nitrogens with zero attached hydrogens (tertiary/aromatic N) is 6. The fourth-order valence-corrected chi connectivity index (χ4v) is 2.62. The minimum Gasteiger partial charge on any atom is -0.365 e. The standard InChI is InChI=1S/C16H21N7/c1-5-14-13(10-22(4)21-14)7-18-15-8-17-9-16(19-15)23-12(3)6-11(2)20-23/h6,8-10H,5,7H2,1-4H3,(H,18,19). The van der Waals surface area contributed by atoms with Crippen molar-refractivity contribution in [2.24, 2.45) is 7.05 Å². The van der Waals surface area contributed by atoms with Gasteiger partial charge in [-0.2, -0.15) is 10.2 Å². The van der Waals surface area contributed by atoms with Crippen molar-refractivity contribution in [3.8, 4) is 5.82 Å². The summed E-state index contributed by atoms with van der Waals surface area (Å²) in [5.74, 6) is 1.43. The van der Waals surface area contributed by atoms with E-state index in [-0.39, 0.29) is 0 Å². The summed E-state index contributed by atoms with van der Waals surface area (Å²) in [5, 5.41) is 12.2. The number of anilines is 1. The molecular formula is C16H21N7. The molecule has 23 heavy (non-hydrogen) atoms. The molecule has 0 radical (unpaired) electrons. The maximum atomic E-state index is 4.59. The molecule has 0 fully saturated rings. The van der Waals surface area contributed by atoms with Crippen LogP contribution in [-0.4, -0.2) is 29.5 Å². The van der Waals surface area contributed by atoms with Crippen molar-refractivity contribution >= 4 is 5.82 Å². The number of hydrogen-bond donors (Lipinski definition) is 1. The Morgan fingerprint density at radius 1 is 1.17 bits per heavy atom. The van der Waals surface area contributed by atoms with Crippen molar-refractivity contribution < 1.29 is 0 Å². The van der Waals surface area contributed by atoms with Crippen LogP contribution in [0.25, 0.3) is 5.82 Å². The number of hydrogen-bond acceptors (Lipinski definition) is 5. The molecule has 7 nitrogen and oxygen atoms in total. The number of aryl methyl sites for hydroxylation is 4. The van der Waals surface area contributed by atoms with E-state index in [2.05, 4.69) is 32.4 Å². The third-order valence-corrected chi connectivity index (χ3v) is 3.64. The van der Waals surface area contributed by atoms with Crippen LogP contribution in [0.3, 0.4) is 0 Å². The summed E-state index contributed by atoms with van der Waals surface area (Å²) in [5.41, 5.74) is 4.27. The summed E-state index contributed by atoms with van der Waals surface area (Å²) in [6, 6.07) is 2.02. The van der Waals surface area contributed by atoms with E-state index in [1.165, 1.54) is 5.56 Å². The molecule has 0 spiro atoms. The van der Waals surface area contributed by atoms with Crippen molar-refractivity contribution in [1.82, 2.24) is 29.5 Å². The molecule has 3 heterocycles. The number of rotatable bonds is 5. The highest BCUT2D eigenvalue weighted by atomic mass is 15.3. The van der Waals surface area contributed by atoms with Crippen LogP contribution in [-0.2, 0) is 20.0 Å². The van der Waals surface area contributed by atoms with Crippen molar-refractivity contribution in [3.05, 3.63) is 47.3 Å². The van der Waals surface area contributed by atoms with Crippen LogP contribution in [0.1, 0.15) is 29.6 Å². The second-order valence-electron chi connectivity index (χ2n) is 5.58. The first-order valence-electron chi connectivity index (χ1n) is 7.67. The van der Waals surface area contributed by atoms with E-state index in [1.807, 2.05) is 37.8 Å². The first-order valence-corrected chi connectivity index (χ1v) is 7.67. The van der Waals surface area contributed by atoms with Gasteiger partial charge in [0.1, 0.15) is 5.82 Å². The normalized spacial score (nSPS) is 11.0. The van der Waals surface area contributed by atoms with Gasteiger partial charge in [-0.15, -0.1) is 0 Å². The van der Waals surface area contributed by atoms with E-state index in [1.54, 1.807) is 17.1 Å². The molecule has 7 heteroatoms. The van der Waals surface area contributed by atoms with Crippen LogP contribution < -0.4 is 5.32 Å². The molecule has 3 aromatic heterocycles. The van der Waals surface area contributed by atoms with Gasteiger partial charge in [-0.05, 0) is 26.3 Å². The Hall–Kier alpha value is -2.70. The predicted molar refractivity (Wildman–Crippen MR) is 88.5 cm³/mol. The van der Waals surface area contributed by atoms with Gasteiger partial charge in [0.15, 0.2) is 5.82 Å². The minimum atomic E-state index is 0.673. The Bertz CT molecular complexity index is 816. The lowest BCUT2D eigenvalue weighted by atomic mass is 10.2. The Morgan fingerprint density at radius 3 is 2.70 bits per heavy atom. The molecule has 0 aromatic carbocycles. The smallest absolute Gasteiger partial charge is 0.174 e. The molecule has 120 valence electrons. The van der Waals surface area contributed by atoms with Crippen molar-refractivity contribution in [1.29, 1.82) is 0 Å². The molecule has 0 amide bonds. The monoisotopic (exact) mass is 311 g/mol. The molecule has 0 saturated heterocycles. The fraction of sp³-hybridized carbons (Fsp3) is 0.375. The van der Waals surface area contributed by atoms with Crippen LogP contribution >= 0.6 is 0 Å². The van der Waals surface area contributed by atoms with Gasteiger partial charge >= 0.3 is 0 Å². The molecule has 0 aliphatic carbocycles. The molecule has 0 aliphatic heterocycles. The van der Waals surface area contributed by atoms with Crippen LogP contribution in [0.15, 0.2) is 24.7 Å². The molecule has 0 saturated carbocycles. The summed E-state index contributed by atoms with van der Waals surface area (Å²) in [6.07, 6.45) is 6.38. The van der Waals surface area contributed by atoms with E-state index in [4.69, 9.17) is 0 Å². The highest BCUT2D eigenvalue weighted by Gasteiger charge is 2.08. The van der Waals surface area contributed by atoms with Gasteiger partial charge in [-0.3, -0.25) is 9.67 Å². The second-order valence-corrected chi connectivity index (χ2v) is 5.58. The first kappa shape index (κ1) is 15.2. The summed E-state index contributed by atoms with van der Waals surface area (Å²) in [4.78, 5) is 8.86. The first-order chi connectivity index (χ1) is 11.1. The fourth-order valence-electron chi connectivity index (χ4n) is 2.62. The maximum absolute atomic E-state index is 4.59. The van der Waals surface area contributed by atoms with Gasteiger partial charge in [0.2, 0.25) is 0 Å². The summed E-state index contributed by atoms with van der Waals surface area (Å²) < 4.78 is 3.64. The number of aromatic nitrogens is 6. The van der Waals surface area contributed by atoms with Gasteiger partial charge < -0.3 is 5.32 Å². The minimum absolute atomic E-state index is 0.673. The molecule has 0 unspecified atom stereocenters. The van der Waals surface area contributed by atoms with Crippen molar-refractivity contribution in [2.45, 2.75) is 33.7 Å². The van der Waals surface area contributed by atoms with Gasteiger partial charge in [0.25, 0.3) is 0 Å².